The molecule has 5 heteroatoms. The Kier molecular flexibility index (Phi) is 6.86. The molecule has 2 aliphatic heterocycles. The first-order chi connectivity index (χ1) is 16.1. The highest BCUT2D eigenvalue weighted by Gasteiger charge is 2.36. The number of amides is 1. The van der Waals surface area contributed by atoms with E-state index in [0.717, 1.165) is 48.7 Å². The molecule has 2 saturated heterocycles. The van der Waals surface area contributed by atoms with Crippen molar-refractivity contribution in [2.24, 2.45) is 18.9 Å². The predicted octanol–water partition coefficient (Wildman–Crippen LogP) is 4.71. The third-order valence-corrected chi connectivity index (χ3v) is 8.52. The number of hydrogen-bond acceptors (Lipinski definition) is 3. The molecule has 2 atom stereocenters. The topological polar surface area (TPSA) is 45.6 Å². The van der Waals surface area contributed by atoms with Crippen molar-refractivity contribution < 1.29 is 4.79 Å². The van der Waals surface area contributed by atoms with Gasteiger partial charge in [-0.15, -0.1) is 0 Å². The van der Waals surface area contributed by atoms with Gasteiger partial charge in [0.1, 0.15) is 0 Å². The fourth-order valence-electron chi connectivity index (χ4n) is 6.72. The molecule has 1 unspecified atom stereocenters. The Morgan fingerprint density at radius 1 is 0.970 bits per heavy atom. The molecule has 0 bridgehead atoms. The van der Waals surface area contributed by atoms with Gasteiger partial charge < -0.3 is 14.4 Å². The van der Waals surface area contributed by atoms with Crippen LogP contribution >= 0.6 is 0 Å². The van der Waals surface area contributed by atoms with Crippen LogP contribution in [0.4, 0.5) is 0 Å². The van der Waals surface area contributed by atoms with Gasteiger partial charge in [0, 0.05) is 31.1 Å². The van der Waals surface area contributed by atoms with Crippen LogP contribution in [0.15, 0.2) is 35.1 Å². The minimum absolute atomic E-state index is 0.0260. The molecule has 0 N–H and O–H groups in total. The normalized spacial score (nSPS) is 24.5. The predicted molar refractivity (Wildman–Crippen MR) is 133 cm³/mol. The molecule has 3 aliphatic rings. The summed E-state index contributed by atoms with van der Waals surface area (Å²) in [6.45, 7) is 3.66. The molecule has 3 heterocycles. The quantitative estimate of drug-likeness (QED) is 0.664. The molecule has 5 nitrogen and oxygen atoms in total. The first-order valence-corrected chi connectivity index (χ1v) is 13.2. The Morgan fingerprint density at radius 3 is 2.58 bits per heavy atom. The van der Waals surface area contributed by atoms with Gasteiger partial charge in [0.25, 0.3) is 5.56 Å². The lowest BCUT2D eigenvalue weighted by Gasteiger charge is -2.46. The number of pyridine rings is 1. The van der Waals surface area contributed by atoms with E-state index in [-0.39, 0.29) is 17.4 Å². The molecule has 0 spiro atoms. The van der Waals surface area contributed by atoms with E-state index in [2.05, 4.69) is 15.9 Å². The van der Waals surface area contributed by atoms with Gasteiger partial charge in [-0.25, -0.2) is 0 Å². The molecular weight excluding hydrogens is 410 g/mol. The number of benzene rings is 1. The number of para-hydroxylation sites is 1. The number of hydrogen-bond donors (Lipinski definition) is 0. The number of nitrogens with zero attached hydrogens (tertiary/aromatic N) is 3. The zero-order valence-electron chi connectivity index (χ0n) is 20.2. The van der Waals surface area contributed by atoms with Gasteiger partial charge in [-0.05, 0) is 75.1 Å². The Balaban J connectivity index is 1.44. The Labute approximate surface area is 197 Å². The number of carbonyl (C=O) groups excluding carboxylic acids is 1. The molecule has 33 heavy (non-hydrogen) atoms. The van der Waals surface area contributed by atoms with Crippen molar-refractivity contribution in [3.8, 4) is 0 Å². The van der Waals surface area contributed by atoms with Crippen molar-refractivity contribution in [2.45, 2.75) is 76.8 Å². The number of aryl methyl sites for hydroxylation is 1. The zero-order chi connectivity index (χ0) is 22.8. The van der Waals surface area contributed by atoms with Crippen LogP contribution in [0.2, 0.25) is 0 Å². The van der Waals surface area contributed by atoms with E-state index in [1.807, 2.05) is 31.3 Å². The van der Waals surface area contributed by atoms with Gasteiger partial charge >= 0.3 is 0 Å². The van der Waals surface area contributed by atoms with Crippen molar-refractivity contribution in [1.82, 2.24) is 14.4 Å². The van der Waals surface area contributed by atoms with Gasteiger partial charge in [-0.1, -0.05) is 43.9 Å². The van der Waals surface area contributed by atoms with Crippen molar-refractivity contribution in [1.29, 1.82) is 0 Å². The third-order valence-electron chi connectivity index (χ3n) is 8.52. The maximum Gasteiger partial charge on any atom is 0.255 e. The first-order valence-electron chi connectivity index (χ1n) is 13.2. The number of aromatic nitrogens is 1. The summed E-state index contributed by atoms with van der Waals surface area (Å²) < 4.78 is 1.75. The SMILES string of the molecule is Cn1c(=O)c(CN(CC2CCCN3CCCC[C@H]23)C(=O)C2CCCCC2)cc2ccccc21. The van der Waals surface area contributed by atoms with Gasteiger partial charge in [0.15, 0.2) is 0 Å². The van der Waals surface area contributed by atoms with Crippen LogP contribution in [-0.4, -0.2) is 46.0 Å². The summed E-state index contributed by atoms with van der Waals surface area (Å²) in [5.41, 5.74) is 1.72. The summed E-state index contributed by atoms with van der Waals surface area (Å²) in [7, 11) is 1.85. The summed E-state index contributed by atoms with van der Waals surface area (Å²) in [5, 5.41) is 1.07. The van der Waals surface area contributed by atoms with E-state index in [4.69, 9.17) is 0 Å². The van der Waals surface area contributed by atoms with Crippen LogP contribution in [-0.2, 0) is 18.4 Å². The lowest BCUT2D eigenvalue weighted by molar-refractivity contribution is -0.138. The molecule has 1 saturated carbocycles. The fraction of sp³-hybridized carbons (Fsp3) is 0.643. The monoisotopic (exact) mass is 449 g/mol. The highest BCUT2D eigenvalue weighted by atomic mass is 16.2. The van der Waals surface area contributed by atoms with Crippen molar-refractivity contribution >= 4 is 16.8 Å². The standard InChI is InChI=1S/C28H39N3O2/c1-29-25-14-6-5-12-22(25)18-24(27(29)32)20-31(28(33)21-10-3-2-4-11-21)19-23-13-9-17-30-16-8-7-15-26(23)30/h5-6,12,14,18,21,23,26H,2-4,7-11,13,15-17,19-20H2,1H3/t23?,26-/m1/s1. The lowest BCUT2D eigenvalue weighted by Crippen LogP contribution is -2.52. The molecule has 3 fully saturated rings. The minimum Gasteiger partial charge on any atom is -0.338 e. The van der Waals surface area contributed by atoms with Crippen LogP contribution in [0.5, 0.6) is 0 Å². The summed E-state index contributed by atoms with van der Waals surface area (Å²) in [5.74, 6) is 0.947. The maximum absolute atomic E-state index is 13.8. The number of rotatable bonds is 5. The van der Waals surface area contributed by atoms with Crippen molar-refractivity contribution in [3.05, 3.63) is 46.2 Å². The fourth-order valence-corrected chi connectivity index (χ4v) is 6.72. The van der Waals surface area contributed by atoms with E-state index in [1.165, 1.54) is 51.6 Å². The van der Waals surface area contributed by atoms with Gasteiger partial charge in [0.2, 0.25) is 5.91 Å². The largest absolute Gasteiger partial charge is 0.338 e. The highest BCUT2D eigenvalue weighted by Crippen LogP contribution is 2.33. The summed E-state index contributed by atoms with van der Waals surface area (Å²) >= 11 is 0. The van der Waals surface area contributed by atoms with Gasteiger partial charge in [-0.3, -0.25) is 9.59 Å². The molecular formula is C28H39N3O2. The van der Waals surface area contributed by atoms with E-state index < -0.39 is 0 Å². The van der Waals surface area contributed by atoms with Crippen LogP contribution in [0, 0.1) is 11.8 Å². The average Bonchev–Trinajstić information content (AvgIpc) is 2.87. The second-order valence-electron chi connectivity index (χ2n) is 10.6. The average molecular weight is 450 g/mol. The van der Waals surface area contributed by atoms with Crippen LogP contribution in [0.25, 0.3) is 10.9 Å². The van der Waals surface area contributed by atoms with Gasteiger partial charge in [0.05, 0.1) is 12.1 Å². The first kappa shape index (κ1) is 22.6. The molecule has 2 aromatic rings. The Hall–Kier alpha value is -2.14. The van der Waals surface area contributed by atoms with E-state index in [9.17, 15) is 9.59 Å². The summed E-state index contributed by atoms with van der Waals surface area (Å²) in [6, 6.07) is 10.7. The molecule has 5 rings (SSSR count). The molecule has 1 aromatic heterocycles. The van der Waals surface area contributed by atoms with Crippen LogP contribution in [0.3, 0.4) is 0 Å². The minimum atomic E-state index is 0.0260. The number of piperidine rings is 2. The summed E-state index contributed by atoms with van der Waals surface area (Å²) in [6.07, 6.45) is 11.9. The van der Waals surface area contributed by atoms with Crippen molar-refractivity contribution in [3.63, 3.8) is 0 Å². The smallest absolute Gasteiger partial charge is 0.255 e. The number of carbonyl (C=O) groups is 1. The molecule has 1 aromatic carbocycles. The molecule has 1 amide bonds. The maximum atomic E-state index is 13.8. The lowest BCUT2D eigenvalue weighted by atomic mass is 9.82. The molecule has 178 valence electrons. The van der Waals surface area contributed by atoms with Gasteiger partial charge in [-0.2, -0.15) is 0 Å². The summed E-state index contributed by atoms with van der Waals surface area (Å²) in [4.78, 5) is 31.8. The number of fused-ring (bicyclic) bond motifs is 2. The molecule has 1 aliphatic carbocycles. The Morgan fingerprint density at radius 2 is 1.73 bits per heavy atom. The van der Waals surface area contributed by atoms with Crippen molar-refractivity contribution in [2.75, 3.05) is 19.6 Å². The van der Waals surface area contributed by atoms with Crippen LogP contribution < -0.4 is 5.56 Å². The van der Waals surface area contributed by atoms with E-state index >= 15 is 0 Å². The Bertz CT molecular complexity index is 1040. The van der Waals surface area contributed by atoms with Crippen LogP contribution in [0.1, 0.15) is 69.8 Å². The zero-order valence-corrected chi connectivity index (χ0v) is 20.2. The second-order valence-corrected chi connectivity index (χ2v) is 10.6. The van der Waals surface area contributed by atoms with E-state index in [1.54, 1.807) is 4.57 Å². The highest BCUT2D eigenvalue weighted by molar-refractivity contribution is 5.81. The second kappa shape index (κ2) is 10.0. The van der Waals surface area contributed by atoms with E-state index in [0.29, 0.717) is 18.5 Å². The third kappa shape index (κ3) is 4.75. The molecule has 0 radical (unpaired) electrons.